The molecule has 0 radical (unpaired) electrons. The molecule has 4 nitrogen and oxygen atoms in total. The molecule has 1 aliphatic rings. The molecular weight excluding hydrogens is 296 g/mol. The molecule has 0 bridgehead atoms. The molecule has 0 saturated carbocycles. The van der Waals surface area contributed by atoms with Gasteiger partial charge < -0.3 is 9.80 Å². The summed E-state index contributed by atoms with van der Waals surface area (Å²) in [4.78, 5) is 19.8. The lowest BCUT2D eigenvalue weighted by atomic mass is 10.1. The van der Waals surface area contributed by atoms with E-state index in [4.69, 9.17) is 0 Å². The van der Waals surface area contributed by atoms with Crippen molar-refractivity contribution in [2.24, 2.45) is 5.92 Å². The number of hydrogen-bond donors (Lipinski definition) is 0. The first-order valence-electron chi connectivity index (χ1n) is 6.67. The van der Waals surface area contributed by atoms with E-state index < -0.39 is 11.6 Å². The van der Waals surface area contributed by atoms with Gasteiger partial charge in [0.1, 0.15) is 11.3 Å². The van der Waals surface area contributed by atoms with Gasteiger partial charge in [-0.2, -0.15) is 0 Å². The monoisotopic (exact) mass is 311 g/mol. The van der Waals surface area contributed by atoms with Crippen LogP contribution in [0, 0.1) is 17.6 Å². The van der Waals surface area contributed by atoms with Crippen molar-refractivity contribution in [1.82, 2.24) is 9.88 Å². The fourth-order valence-electron chi connectivity index (χ4n) is 2.58. The molecule has 7 heteroatoms. The molecule has 1 saturated heterocycles. The SMILES string of the molecule is CN(C)C(=O)C1CCN(c2nc3c(F)cc(F)cc3s2)C1. The fraction of sp³-hybridized carbons (Fsp3) is 0.429. The number of thiazole rings is 1. The number of carbonyl (C=O) groups excluding carboxylic acids is 1. The molecule has 1 atom stereocenters. The zero-order valence-corrected chi connectivity index (χ0v) is 12.6. The van der Waals surface area contributed by atoms with E-state index >= 15 is 0 Å². The number of carbonyl (C=O) groups is 1. The number of hydrogen-bond acceptors (Lipinski definition) is 4. The Morgan fingerprint density at radius 2 is 2.19 bits per heavy atom. The predicted octanol–water partition coefficient (Wildman–Crippen LogP) is 2.49. The van der Waals surface area contributed by atoms with Crippen LogP contribution in [-0.2, 0) is 4.79 Å². The van der Waals surface area contributed by atoms with Crippen LogP contribution >= 0.6 is 11.3 Å². The molecule has 21 heavy (non-hydrogen) atoms. The minimum Gasteiger partial charge on any atom is -0.349 e. The van der Waals surface area contributed by atoms with Gasteiger partial charge in [0, 0.05) is 33.3 Å². The molecule has 1 unspecified atom stereocenters. The molecule has 1 fully saturated rings. The number of halogens is 2. The minimum absolute atomic E-state index is 0.0615. The summed E-state index contributed by atoms with van der Waals surface area (Å²) >= 11 is 1.25. The number of benzene rings is 1. The van der Waals surface area contributed by atoms with Gasteiger partial charge in [-0.3, -0.25) is 4.79 Å². The summed E-state index contributed by atoms with van der Waals surface area (Å²) in [6, 6.07) is 2.13. The van der Waals surface area contributed by atoms with Gasteiger partial charge in [0.15, 0.2) is 10.9 Å². The van der Waals surface area contributed by atoms with E-state index in [0.717, 1.165) is 12.5 Å². The lowest BCUT2D eigenvalue weighted by molar-refractivity contribution is -0.132. The number of nitrogens with zero attached hydrogens (tertiary/aromatic N) is 3. The maximum absolute atomic E-state index is 13.7. The van der Waals surface area contributed by atoms with E-state index in [0.29, 0.717) is 22.9 Å². The lowest BCUT2D eigenvalue weighted by Gasteiger charge is -2.17. The second-order valence-electron chi connectivity index (χ2n) is 5.40. The standard InChI is InChI=1S/C14H15F2N3OS/c1-18(2)13(20)8-3-4-19(7-8)14-17-12-10(16)5-9(15)6-11(12)21-14/h5-6,8H,3-4,7H2,1-2H3. The van der Waals surface area contributed by atoms with E-state index in [-0.39, 0.29) is 17.3 Å². The molecule has 2 heterocycles. The van der Waals surface area contributed by atoms with Crippen molar-refractivity contribution in [2.45, 2.75) is 6.42 Å². The molecule has 0 spiro atoms. The molecule has 1 aliphatic heterocycles. The highest BCUT2D eigenvalue weighted by Gasteiger charge is 2.31. The predicted molar refractivity (Wildman–Crippen MR) is 78.6 cm³/mol. The molecule has 0 aliphatic carbocycles. The van der Waals surface area contributed by atoms with Gasteiger partial charge in [-0.25, -0.2) is 13.8 Å². The van der Waals surface area contributed by atoms with E-state index in [9.17, 15) is 13.6 Å². The van der Waals surface area contributed by atoms with Gasteiger partial charge in [-0.05, 0) is 12.5 Å². The Morgan fingerprint density at radius 1 is 1.43 bits per heavy atom. The highest BCUT2D eigenvalue weighted by Crippen LogP contribution is 2.33. The van der Waals surface area contributed by atoms with Crippen LogP contribution < -0.4 is 4.90 Å². The summed E-state index contributed by atoms with van der Waals surface area (Å²) in [6.07, 6.45) is 0.754. The first-order valence-corrected chi connectivity index (χ1v) is 7.49. The van der Waals surface area contributed by atoms with Crippen LogP contribution in [-0.4, -0.2) is 43.0 Å². The van der Waals surface area contributed by atoms with Crippen LogP contribution in [0.2, 0.25) is 0 Å². The normalized spacial score (nSPS) is 18.5. The van der Waals surface area contributed by atoms with Crippen molar-refractivity contribution >= 4 is 32.6 Å². The third-order valence-electron chi connectivity index (χ3n) is 3.65. The van der Waals surface area contributed by atoms with Crippen molar-refractivity contribution in [3.8, 4) is 0 Å². The van der Waals surface area contributed by atoms with Crippen LogP contribution in [0.5, 0.6) is 0 Å². The Kier molecular flexibility index (Phi) is 3.52. The summed E-state index contributed by atoms with van der Waals surface area (Å²) in [5.41, 5.74) is 0.193. The highest BCUT2D eigenvalue weighted by atomic mass is 32.1. The molecule has 1 amide bonds. The van der Waals surface area contributed by atoms with Crippen molar-refractivity contribution in [3.63, 3.8) is 0 Å². The Bertz CT molecular complexity index is 701. The number of fused-ring (bicyclic) bond motifs is 1. The maximum Gasteiger partial charge on any atom is 0.227 e. The van der Waals surface area contributed by atoms with Crippen LogP contribution in [0.15, 0.2) is 12.1 Å². The molecule has 2 aromatic rings. The number of rotatable bonds is 2. The largest absolute Gasteiger partial charge is 0.349 e. The topological polar surface area (TPSA) is 36.4 Å². The number of anilines is 1. The third-order valence-corrected chi connectivity index (χ3v) is 4.71. The van der Waals surface area contributed by atoms with Crippen LogP contribution in [0.1, 0.15) is 6.42 Å². The smallest absolute Gasteiger partial charge is 0.227 e. The van der Waals surface area contributed by atoms with Crippen LogP contribution in [0.25, 0.3) is 10.2 Å². The average molecular weight is 311 g/mol. The Morgan fingerprint density at radius 3 is 2.90 bits per heavy atom. The Hall–Kier alpha value is -1.76. The van der Waals surface area contributed by atoms with Crippen molar-refractivity contribution in [2.75, 3.05) is 32.1 Å². The molecule has 1 aromatic carbocycles. The molecule has 0 N–H and O–H groups in total. The van der Waals surface area contributed by atoms with E-state index in [1.165, 1.54) is 17.4 Å². The first kappa shape index (κ1) is 14.2. The summed E-state index contributed by atoms with van der Waals surface area (Å²) in [5, 5.41) is 0.642. The number of aromatic nitrogens is 1. The molecule has 3 rings (SSSR count). The Labute approximate surface area is 125 Å². The van der Waals surface area contributed by atoms with E-state index in [1.54, 1.807) is 19.0 Å². The molecular formula is C14H15F2N3OS. The van der Waals surface area contributed by atoms with Crippen LogP contribution in [0.3, 0.4) is 0 Å². The summed E-state index contributed by atoms with van der Waals surface area (Å²) < 4.78 is 27.4. The molecule has 1 aromatic heterocycles. The average Bonchev–Trinajstić information content (AvgIpc) is 3.02. The van der Waals surface area contributed by atoms with Gasteiger partial charge in [0.2, 0.25) is 5.91 Å². The number of amides is 1. The van der Waals surface area contributed by atoms with Gasteiger partial charge in [0.05, 0.1) is 10.6 Å². The van der Waals surface area contributed by atoms with Gasteiger partial charge in [-0.1, -0.05) is 11.3 Å². The van der Waals surface area contributed by atoms with Gasteiger partial charge in [0.25, 0.3) is 0 Å². The second-order valence-corrected chi connectivity index (χ2v) is 6.40. The van der Waals surface area contributed by atoms with E-state index in [2.05, 4.69) is 4.98 Å². The zero-order chi connectivity index (χ0) is 15.1. The van der Waals surface area contributed by atoms with Gasteiger partial charge in [-0.15, -0.1) is 0 Å². The quantitative estimate of drug-likeness (QED) is 0.855. The van der Waals surface area contributed by atoms with Crippen molar-refractivity contribution < 1.29 is 13.6 Å². The van der Waals surface area contributed by atoms with Crippen molar-refractivity contribution in [1.29, 1.82) is 0 Å². The minimum atomic E-state index is -0.646. The summed E-state index contributed by atoms with van der Waals surface area (Å²) in [7, 11) is 3.47. The molecule has 112 valence electrons. The lowest BCUT2D eigenvalue weighted by Crippen LogP contribution is -2.31. The highest BCUT2D eigenvalue weighted by molar-refractivity contribution is 7.22. The fourth-order valence-corrected chi connectivity index (χ4v) is 3.62. The Balaban J connectivity index is 1.85. The third kappa shape index (κ3) is 2.57. The van der Waals surface area contributed by atoms with Gasteiger partial charge >= 0.3 is 0 Å². The zero-order valence-electron chi connectivity index (χ0n) is 11.8. The van der Waals surface area contributed by atoms with Crippen LogP contribution in [0.4, 0.5) is 13.9 Å². The van der Waals surface area contributed by atoms with Crippen molar-refractivity contribution in [3.05, 3.63) is 23.8 Å². The first-order chi connectivity index (χ1) is 9.95. The summed E-state index contributed by atoms with van der Waals surface area (Å²) in [6.45, 7) is 1.27. The second kappa shape index (κ2) is 5.22. The maximum atomic E-state index is 13.7. The van der Waals surface area contributed by atoms with E-state index in [1.807, 2.05) is 4.90 Å². The summed E-state index contributed by atoms with van der Waals surface area (Å²) in [5.74, 6) is -1.21.